The van der Waals surface area contributed by atoms with E-state index in [0.29, 0.717) is 33.3 Å². The summed E-state index contributed by atoms with van der Waals surface area (Å²) in [6.45, 7) is 4.82. The molecule has 10 heteroatoms. The van der Waals surface area contributed by atoms with E-state index >= 15 is 0 Å². The van der Waals surface area contributed by atoms with Gasteiger partial charge in [0.15, 0.2) is 11.4 Å². The number of amides is 1. The topological polar surface area (TPSA) is 108 Å². The number of halogens is 2. The summed E-state index contributed by atoms with van der Waals surface area (Å²) in [6.07, 6.45) is 1.58. The molecule has 4 N–H and O–H groups in total. The molecule has 0 bridgehead atoms. The summed E-state index contributed by atoms with van der Waals surface area (Å²) in [5.41, 5.74) is 6.69. The van der Waals surface area contributed by atoms with Crippen molar-refractivity contribution in [1.29, 1.82) is 0 Å². The molecule has 0 saturated carbocycles. The lowest BCUT2D eigenvalue weighted by atomic mass is 10.1. The van der Waals surface area contributed by atoms with Gasteiger partial charge in [0.25, 0.3) is 5.91 Å². The third kappa shape index (κ3) is 4.88. The average Bonchev–Trinajstić information content (AvgIpc) is 2.78. The van der Waals surface area contributed by atoms with Crippen LogP contribution in [0.1, 0.15) is 16.1 Å². The normalized spacial score (nSPS) is 14.7. The minimum absolute atomic E-state index is 0.0660. The Labute approximate surface area is 195 Å². The lowest BCUT2D eigenvalue weighted by molar-refractivity contribution is 0.0943. The van der Waals surface area contributed by atoms with Crippen LogP contribution < -0.4 is 16.0 Å². The van der Waals surface area contributed by atoms with Crippen LogP contribution in [0, 0.1) is 0 Å². The fourth-order valence-electron chi connectivity index (χ4n) is 3.85. The van der Waals surface area contributed by atoms with E-state index in [9.17, 15) is 9.90 Å². The van der Waals surface area contributed by atoms with E-state index in [1.807, 2.05) is 6.07 Å². The minimum Gasteiger partial charge on any atom is -0.504 e. The van der Waals surface area contributed by atoms with Gasteiger partial charge in [-0.05, 0) is 35.9 Å². The van der Waals surface area contributed by atoms with Crippen molar-refractivity contribution in [3.05, 3.63) is 57.8 Å². The quantitative estimate of drug-likeness (QED) is 0.503. The SMILES string of the molecule is NCCN1CCN(c2nc(C(=O)NCc3cc(Cl)cc(Cl)c3)c(O)c3ncccc23)CC1. The van der Waals surface area contributed by atoms with E-state index in [4.69, 9.17) is 28.9 Å². The molecule has 0 atom stereocenters. The Morgan fingerprint density at radius 3 is 2.56 bits per heavy atom. The van der Waals surface area contributed by atoms with Crippen molar-refractivity contribution in [1.82, 2.24) is 20.2 Å². The number of rotatable bonds is 6. The van der Waals surface area contributed by atoms with E-state index in [-0.39, 0.29) is 18.0 Å². The Morgan fingerprint density at radius 2 is 1.88 bits per heavy atom. The maximum absolute atomic E-state index is 13.0. The van der Waals surface area contributed by atoms with Crippen LogP contribution in [0.5, 0.6) is 5.75 Å². The summed E-state index contributed by atoms with van der Waals surface area (Å²) in [5.74, 6) is -0.115. The molecule has 4 rings (SSSR count). The number of piperazine rings is 1. The average molecular weight is 475 g/mol. The monoisotopic (exact) mass is 474 g/mol. The van der Waals surface area contributed by atoms with Gasteiger partial charge in [-0.1, -0.05) is 23.2 Å². The zero-order chi connectivity index (χ0) is 22.7. The van der Waals surface area contributed by atoms with Crippen molar-refractivity contribution < 1.29 is 9.90 Å². The Balaban J connectivity index is 1.61. The molecule has 1 saturated heterocycles. The first kappa shape index (κ1) is 22.5. The summed E-state index contributed by atoms with van der Waals surface area (Å²) < 4.78 is 0. The first-order valence-corrected chi connectivity index (χ1v) is 11.1. The Hall–Kier alpha value is -2.65. The van der Waals surface area contributed by atoms with Crippen molar-refractivity contribution in [2.75, 3.05) is 44.2 Å². The van der Waals surface area contributed by atoms with Gasteiger partial charge in [-0.2, -0.15) is 0 Å². The van der Waals surface area contributed by atoms with Crippen molar-refractivity contribution in [3.8, 4) is 5.75 Å². The molecule has 0 aliphatic carbocycles. The van der Waals surface area contributed by atoms with Gasteiger partial charge in [0.05, 0.1) is 0 Å². The highest BCUT2D eigenvalue weighted by atomic mass is 35.5. The number of nitrogens with zero attached hydrogens (tertiary/aromatic N) is 4. The highest BCUT2D eigenvalue weighted by Gasteiger charge is 2.25. The van der Waals surface area contributed by atoms with Crippen molar-refractivity contribution in [3.63, 3.8) is 0 Å². The van der Waals surface area contributed by atoms with Gasteiger partial charge in [0.2, 0.25) is 0 Å². The predicted molar refractivity (Wildman–Crippen MR) is 127 cm³/mol. The number of aromatic nitrogens is 2. The fourth-order valence-corrected chi connectivity index (χ4v) is 4.42. The van der Waals surface area contributed by atoms with Crippen LogP contribution in [0.15, 0.2) is 36.5 Å². The van der Waals surface area contributed by atoms with E-state index < -0.39 is 5.91 Å². The second-order valence-electron chi connectivity index (χ2n) is 7.61. The number of benzene rings is 1. The number of anilines is 1. The maximum Gasteiger partial charge on any atom is 0.274 e. The molecule has 0 radical (unpaired) electrons. The summed E-state index contributed by atoms with van der Waals surface area (Å²) >= 11 is 12.1. The van der Waals surface area contributed by atoms with Crippen molar-refractivity contribution in [2.45, 2.75) is 6.54 Å². The van der Waals surface area contributed by atoms with Gasteiger partial charge in [-0.3, -0.25) is 14.7 Å². The van der Waals surface area contributed by atoms with Crippen LogP contribution in [0.25, 0.3) is 10.9 Å². The van der Waals surface area contributed by atoms with Crippen molar-refractivity contribution >= 4 is 45.8 Å². The molecule has 0 unspecified atom stereocenters. The number of fused-ring (bicyclic) bond motifs is 1. The van der Waals surface area contributed by atoms with Crippen LogP contribution in [0.2, 0.25) is 10.0 Å². The second kappa shape index (κ2) is 9.87. The van der Waals surface area contributed by atoms with Gasteiger partial charge in [-0.15, -0.1) is 0 Å². The molecular weight excluding hydrogens is 451 g/mol. The molecule has 1 aliphatic heterocycles. The lowest BCUT2D eigenvalue weighted by Gasteiger charge is -2.35. The van der Waals surface area contributed by atoms with E-state index in [1.54, 1.807) is 30.5 Å². The fraction of sp³-hybridized carbons (Fsp3) is 0.318. The van der Waals surface area contributed by atoms with Gasteiger partial charge < -0.3 is 21.1 Å². The maximum atomic E-state index is 13.0. The van der Waals surface area contributed by atoms with Gasteiger partial charge in [0.1, 0.15) is 11.3 Å². The number of carbonyl (C=O) groups excluding carboxylic acids is 1. The van der Waals surface area contributed by atoms with E-state index in [2.05, 4.69) is 25.1 Å². The zero-order valence-electron chi connectivity index (χ0n) is 17.4. The van der Waals surface area contributed by atoms with Crippen LogP contribution in [0.3, 0.4) is 0 Å². The van der Waals surface area contributed by atoms with Crippen LogP contribution >= 0.6 is 23.2 Å². The van der Waals surface area contributed by atoms with Crippen molar-refractivity contribution in [2.24, 2.45) is 5.73 Å². The molecule has 168 valence electrons. The lowest BCUT2D eigenvalue weighted by Crippen LogP contribution is -2.48. The molecule has 1 aromatic carbocycles. The number of nitrogens with two attached hydrogens (primary N) is 1. The predicted octanol–water partition coefficient (Wildman–Crippen LogP) is 2.65. The Kier molecular flexibility index (Phi) is 6.95. The molecule has 1 fully saturated rings. The number of pyridine rings is 2. The molecule has 1 aliphatic rings. The highest BCUT2D eigenvalue weighted by molar-refractivity contribution is 6.34. The second-order valence-corrected chi connectivity index (χ2v) is 8.48. The number of carbonyl (C=O) groups is 1. The summed E-state index contributed by atoms with van der Waals surface area (Å²) in [7, 11) is 0. The largest absolute Gasteiger partial charge is 0.504 e. The molecular formula is C22H24Cl2N6O2. The molecule has 1 amide bonds. The third-order valence-corrected chi connectivity index (χ3v) is 5.86. The number of hydrogen-bond donors (Lipinski definition) is 3. The van der Waals surface area contributed by atoms with Gasteiger partial charge >= 0.3 is 0 Å². The van der Waals surface area contributed by atoms with Gasteiger partial charge in [-0.25, -0.2) is 4.98 Å². The number of hydrogen-bond acceptors (Lipinski definition) is 7. The summed E-state index contributed by atoms with van der Waals surface area (Å²) in [4.78, 5) is 26.2. The molecule has 3 heterocycles. The van der Waals surface area contributed by atoms with Crippen LogP contribution in [-0.2, 0) is 6.54 Å². The molecule has 32 heavy (non-hydrogen) atoms. The molecule has 8 nitrogen and oxygen atoms in total. The molecule has 2 aromatic heterocycles. The third-order valence-electron chi connectivity index (χ3n) is 5.42. The van der Waals surface area contributed by atoms with Crippen LogP contribution in [-0.4, -0.2) is 65.2 Å². The van der Waals surface area contributed by atoms with E-state index in [0.717, 1.165) is 38.3 Å². The van der Waals surface area contributed by atoms with Crippen LogP contribution in [0.4, 0.5) is 5.82 Å². The number of aromatic hydroxyl groups is 1. The highest BCUT2D eigenvalue weighted by Crippen LogP contribution is 2.33. The Bertz CT molecular complexity index is 1110. The standard InChI is InChI=1S/C22H24Cl2N6O2/c23-15-10-14(11-16(24)12-15)13-27-22(32)19-20(31)18-17(2-1-4-26-18)21(28-19)30-8-6-29(5-3-25)7-9-30/h1-2,4,10-12,31H,3,5-9,13,25H2,(H,27,32). The first-order chi connectivity index (χ1) is 15.5. The summed E-state index contributed by atoms with van der Waals surface area (Å²) in [5, 5.41) is 15.2. The first-order valence-electron chi connectivity index (χ1n) is 10.3. The number of nitrogens with one attached hydrogen (secondary N) is 1. The molecule has 3 aromatic rings. The summed E-state index contributed by atoms with van der Waals surface area (Å²) in [6, 6.07) is 8.70. The van der Waals surface area contributed by atoms with E-state index in [1.165, 1.54) is 0 Å². The van der Waals surface area contributed by atoms with Gasteiger partial charge in [0, 0.05) is 67.4 Å². The Morgan fingerprint density at radius 1 is 1.16 bits per heavy atom. The minimum atomic E-state index is -0.505. The smallest absolute Gasteiger partial charge is 0.274 e. The zero-order valence-corrected chi connectivity index (χ0v) is 18.9. The molecule has 0 spiro atoms.